The monoisotopic (exact) mass is 254 g/mol. The highest BCUT2D eigenvalue weighted by Crippen LogP contribution is 2.29. The van der Waals surface area contributed by atoms with E-state index < -0.39 is 0 Å². The van der Waals surface area contributed by atoms with Crippen LogP contribution in [0.5, 0.6) is 0 Å². The van der Waals surface area contributed by atoms with Gasteiger partial charge in [-0.25, -0.2) is 8.78 Å². The van der Waals surface area contributed by atoms with Gasteiger partial charge in [0.25, 0.3) is 0 Å². The molecule has 4 heteroatoms. The lowest BCUT2D eigenvalue weighted by molar-refractivity contribution is 0.371. The minimum Gasteiger partial charge on any atom is -0.375 e. The summed E-state index contributed by atoms with van der Waals surface area (Å²) < 4.78 is 27.7. The van der Waals surface area contributed by atoms with Crippen molar-refractivity contribution in [3.8, 4) is 0 Å². The lowest BCUT2D eigenvalue weighted by atomic mass is 9.91. The van der Waals surface area contributed by atoms with Gasteiger partial charge in [-0.15, -0.1) is 0 Å². The summed E-state index contributed by atoms with van der Waals surface area (Å²) in [7, 11) is 3.50. The Bertz CT molecular complexity index is 413. The van der Waals surface area contributed by atoms with Gasteiger partial charge >= 0.3 is 0 Å². The van der Waals surface area contributed by atoms with Crippen molar-refractivity contribution in [3.05, 3.63) is 29.3 Å². The molecule has 100 valence electrons. The Morgan fingerprint density at radius 2 is 2.00 bits per heavy atom. The first kappa shape index (κ1) is 13.3. The first-order chi connectivity index (χ1) is 8.59. The zero-order valence-electron chi connectivity index (χ0n) is 11.0. The highest BCUT2D eigenvalue weighted by molar-refractivity contribution is 5.54. The topological polar surface area (TPSA) is 15.3 Å². The molecule has 1 unspecified atom stereocenters. The number of hydrogen-bond donors (Lipinski definition) is 1. The Morgan fingerprint density at radius 1 is 1.28 bits per heavy atom. The van der Waals surface area contributed by atoms with Crippen molar-refractivity contribution < 1.29 is 8.78 Å². The van der Waals surface area contributed by atoms with Crippen LogP contribution in [-0.2, 0) is 6.42 Å². The fourth-order valence-electron chi connectivity index (χ4n) is 2.65. The number of piperidine rings is 1. The average Bonchev–Trinajstić information content (AvgIpc) is 2.35. The Balaban J connectivity index is 2.27. The van der Waals surface area contributed by atoms with Gasteiger partial charge in [0.2, 0.25) is 0 Å². The lowest BCUT2D eigenvalue weighted by Gasteiger charge is -2.25. The van der Waals surface area contributed by atoms with Crippen LogP contribution in [0.15, 0.2) is 12.1 Å². The highest BCUT2D eigenvalue weighted by atomic mass is 19.1. The molecule has 2 nitrogen and oxygen atoms in total. The standard InChI is InChI=1S/C14H20F2N2/c1-18(2)14-11(12(15)5-6-13(14)16)8-10-4-3-7-17-9-10/h5-6,10,17H,3-4,7-9H2,1-2H3. The molecule has 1 atom stereocenters. The van der Waals surface area contributed by atoms with Crippen LogP contribution in [-0.4, -0.2) is 27.2 Å². The molecule has 0 aliphatic carbocycles. The first-order valence-corrected chi connectivity index (χ1v) is 6.44. The summed E-state index contributed by atoms with van der Waals surface area (Å²) in [4.78, 5) is 1.66. The highest BCUT2D eigenvalue weighted by Gasteiger charge is 2.21. The van der Waals surface area contributed by atoms with Gasteiger partial charge in [-0.05, 0) is 50.4 Å². The number of halogens is 2. The van der Waals surface area contributed by atoms with E-state index in [0.717, 1.165) is 25.9 Å². The summed E-state index contributed by atoms with van der Waals surface area (Å²) in [5.41, 5.74) is 0.897. The maximum Gasteiger partial charge on any atom is 0.146 e. The molecule has 1 aromatic rings. The third-order valence-electron chi connectivity index (χ3n) is 3.52. The van der Waals surface area contributed by atoms with Gasteiger partial charge in [0.05, 0.1) is 5.69 Å². The molecule has 0 radical (unpaired) electrons. The second-order valence-corrected chi connectivity index (χ2v) is 5.17. The molecule has 1 fully saturated rings. The number of benzene rings is 1. The van der Waals surface area contributed by atoms with Crippen LogP contribution in [0.4, 0.5) is 14.5 Å². The van der Waals surface area contributed by atoms with Crippen molar-refractivity contribution in [1.82, 2.24) is 5.32 Å². The van der Waals surface area contributed by atoms with Crippen LogP contribution in [0.2, 0.25) is 0 Å². The molecule has 1 aliphatic heterocycles. The van der Waals surface area contributed by atoms with Crippen molar-refractivity contribution in [1.29, 1.82) is 0 Å². The lowest BCUT2D eigenvalue weighted by Crippen LogP contribution is -2.31. The summed E-state index contributed by atoms with van der Waals surface area (Å²) in [5, 5.41) is 3.31. The van der Waals surface area contributed by atoms with E-state index in [4.69, 9.17) is 0 Å². The zero-order valence-corrected chi connectivity index (χ0v) is 11.0. The molecule has 1 aromatic carbocycles. The Labute approximate surface area is 107 Å². The molecule has 0 bridgehead atoms. The van der Waals surface area contributed by atoms with E-state index in [1.807, 2.05) is 0 Å². The van der Waals surface area contributed by atoms with E-state index in [2.05, 4.69) is 5.32 Å². The summed E-state index contributed by atoms with van der Waals surface area (Å²) in [6, 6.07) is 2.43. The van der Waals surface area contributed by atoms with Crippen molar-refractivity contribution >= 4 is 5.69 Å². The SMILES string of the molecule is CN(C)c1c(F)ccc(F)c1CC1CCCNC1. The Kier molecular flexibility index (Phi) is 4.17. The third-order valence-corrected chi connectivity index (χ3v) is 3.52. The summed E-state index contributed by atoms with van der Waals surface area (Å²) in [5.74, 6) is -0.250. The molecule has 1 saturated heterocycles. The van der Waals surface area contributed by atoms with Crippen molar-refractivity contribution in [3.63, 3.8) is 0 Å². The number of nitrogens with one attached hydrogen (secondary N) is 1. The van der Waals surface area contributed by atoms with Gasteiger partial charge in [-0.1, -0.05) is 0 Å². The molecule has 0 aromatic heterocycles. The largest absolute Gasteiger partial charge is 0.375 e. The molecule has 18 heavy (non-hydrogen) atoms. The van der Waals surface area contributed by atoms with Crippen LogP contribution in [0.1, 0.15) is 18.4 Å². The van der Waals surface area contributed by atoms with E-state index in [0.29, 0.717) is 23.6 Å². The maximum atomic E-state index is 13.9. The zero-order chi connectivity index (χ0) is 13.1. The van der Waals surface area contributed by atoms with Gasteiger partial charge in [0, 0.05) is 19.7 Å². The van der Waals surface area contributed by atoms with Crippen LogP contribution >= 0.6 is 0 Å². The first-order valence-electron chi connectivity index (χ1n) is 6.44. The second kappa shape index (κ2) is 5.65. The number of hydrogen-bond acceptors (Lipinski definition) is 2. The number of anilines is 1. The third kappa shape index (κ3) is 2.80. The van der Waals surface area contributed by atoms with E-state index in [1.165, 1.54) is 12.1 Å². The van der Waals surface area contributed by atoms with Crippen molar-refractivity contribution in [2.24, 2.45) is 5.92 Å². The Hall–Kier alpha value is -1.16. The minimum atomic E-state index is -0.347. The summed E-state index contributed by atoms with van der Waals surface area (Å²) >= 11 is 0. The number of rotatable bonds is 3. The van der Waals surface area contributed by atoms with Gasteiger partial charge in [-0.2, -0.15) is 0 Å². The van der Waals surface area contributed by atoms with Gasteiger partial charge in [0.15, 0.2) is 0 Å². The molecule has 1 aliphatic rings. The molecular weight excluding hydrogens is 234 g/mol. The van der Waals surface area contributed by atoms with Crippen molar-refractivity contribution in [2.75, 3.05) is 32.1 Å². The normalized spacial score (nSPS) is 19.9. The van der Waals surface area contributed by atoms with Gasteiger partial charge in [-0.3, -0.25) is 0 Å². The quantitative estimate of drug-likeness (QED) is 0.892. The molecular formula is C14H20F2N2. The molecule has 0 spiro atoms. The fraction of sp³-hybridized carbons (Fsp3) is 0.571. The summed E-state index contributed by atoms with van der Waals surface area (Å²) in [6.45, 7) is 1.92. The smallest absolute Gasteiger partial charge is 0.146 e. The second-order valence-electron chi connectivity index (χ2n) is 5.17. The van der Waals surface area contributed by atoms with E-state index >= 15 is 0 Å². The van der Waals surface area contributed by atoms with Gasteiger partial charge in [0.1, 0.15) is 11.6 Å². The van der Waals surface area contributed by atoms with Gasteiger partial charge < -0.3 is 10.2 Å². The van der Waals surface area contributed by atoms with E-state index in [1.54, 1.807) is 19.0 Å². The summed E-state index contributed by atoms with van der Waals surface area (Å²) in [6.07, 6.45) is 2.79. The molecule has 2 rings (SSSR count). The fourth-order valence-corrected chi connectivity index (χ4v) is 2.65. The number of nitrogens with zero attached hydrogens (tertiary/aromatic N) is 1. The van der Waals surface area contributed by atoms with Crippen molar-refractivity contribution in [2.45, 2.75) is 19.3 Å². The molecule has 0 saturated carbocycles. The van der Waals surface area contributed by atoms with Crippen LogP contribution < -0.4 is 10.2 Å². The predicted octanol–water partition coefficient (Wildman–Crippen LogP) is 2.57. The molecule has 1 heterocycles. The Morgan fingerprint density at radius 3 is 2.61 bits per heavy atom. The predicted molar refractivity (Wildman–Crippen MR) is 70.0 cm³/mol. The molecule has 1 N–H and O–H groups in total. The van der Waals surface area contributed by atoms with Crippen LogP contribution in [0.25, 0.3) is 0 Å². The van der Waals surface area contributed by atoms with E-state index in [9.17, 15) is 8.78 Å². The van der Waals surface area contributed by atoms with E-state index in [-0.39, 0.29) is 11.6 Å². The van der Waals surface area contributed by atoms with Crippen LogP contribution in [0.3, 0.4) is 0 Å². The maximum absolute atomic E-state index is 13.9. The van der Waals surface area contributed by atoms with Crippen LogP contribution in [0, 0.1) is 17.6 Å². The average molecular weight is 254 g/mol. The minimum absolute atomic E-state index is 0.300. The molecule has 0 amide bonds.